The van der Waals surface area contributed by atoms with E-state index in [1.807, 2.05) is 0 Å². The number of ketones is 1. The number of hydrogen-bond acceptors (Lipinski definition) is 5. The number of piperidine rings is 1. The highest BCUT2D eigenvalue weighted by Gasteiger charge is 2.28. The summed E-state index contributed by atoms with van der Waals surface area (Å²) in [6, 6.07) is 5.51. The van der Waals surface area contributed by atoms with E-state index < -0.39 is 5.82 Å². The van der Waals surface area contributed by atoms with Crippen LogP contribution in [0, 0.1) is 11.7 Å². The summed E-state index contributed by atoms with van der Waals surface area (Å²) in [4.78, 5) is 30.0. The van der Waals surface area contributed by atoms with Crippen LogP contribution in [-0.4, -0.2) is 43.0 Å². The largest absolute Gasteiger partial charge is 0.496 e. The van der Waals surface area contributed by atoms with Crippen molar-refractivity contribution in [3.63, 3.8) is 0 Å². The molecule has 1 saturated heterocycles. The molecular weight excluding hydrogens is 351 g/mol. The maximum Gasteiger partial charge on any atom is 0.223 e. The average molecular weight is 374 g/mol. The van der Waals surface area contributed by atoms with Crippen molar-refractivity contribution in [1.29, 1.82) is 0 Å². The Balaban J connectivity index is 1.72. The summed E-state index contributed by atoms with van der Waals surface area (Å²) in [6.07, 6.45) is 3.14. The molecule has 2 heterocycles. The van der Waals surface area contributed by atoms with E-state index in [0.717, 1.165) is 25.1 Å². The number of nitrogens with zero attached hydrogens (tertiary/aromatic N) is 1. The number of hydrogen-bond donors (Lipinski definition) is 1. The molecule has 1 atom stereocenters. The maximum atomic E-state index is 13.6. The summed E-state index contributed by atoms with van der Waals surface area (Å²) in [6.45, 7) is 1.91. The second kappa shape index (κ2) is 8.35. The monoisotopic (exact) mass is 374 g/mol. The molecule has 0 radical (unpaired) electrons. The number of H-pyrrole nitrogens is 1. The van der Waals surface area contributed by atoms with E-state index >= 15 is 0 Å². The molecule has 0 saturated carbocycles. The zero-order valence-corrected chi connectivity index (χ0v) is 15.5. The summed E-state index contributed by atoms with van der Waals surface area (Å²) in [5.41, 5.74) is 0.861. The lowest BCUT2D eigenvalue weighted by atomic mass is 9.89. The lowest BCUT2D eigenvalue weighted by molar-refractivity contribution is 0.0806. The van der Waals surface area contributed by atoms with Crippen LogP contribution in [-0.2, 0) is 6.54 Å². The second-order valence-electron chi connectivity index (χ2n) is 6.67. The number of Topliss-reactive ketones (excluding diaryl/α,β-unsaturated/α-hetero) is 1. The fourth-order valence-electron chi connectivity index (χ4n) is 3.50. The number of benzene rings is 1. The Labute approximate surface area is 156 Å². The van der Waals surface area contributed by atoms with Crippen molar-refractivity contribution in [3.05, 3.63) is 57.8 Å². The number of carbonyl (C=O) groups is 1. The Hall–Kier alpha value is -2.67. The van der Waals surface area contributed by atoms with E-state index in [0.29, 0.717) is 18.8 Å². The zero-order valence-electron chi connectivity index (χ0n) is 15.5. The topological polar surface area (TPSA) is 71.6 Å². The van der Waals surface area contributed by atoms with Crippen LogP contribution in [0.2, 0.25) is 0 Å². The van der Waals surface area contributed by atoms with Crippen molar-refractivity contribution < 1.29 is 18.7 Å². The van der Waals surface area contributed by atoms with Gasteiger partial charge in [-0.3, -0.25) is 14.5 Å². The van der Waals surface area contributed by atoms with Crippen molar-refractivity contribution in [2.24, 2.45) is 5.92 Å². The van der Waals surface area contributed by atoms with Gasteiger partial charge in [0.15, 0.2) is 11.5 Å². The minimum Gasteiger partial charge on any atom is -0.496 e. The normalized spacial score (nSPS) is 17.5. The van der Waals surface area contributed by atoms with E-state index in [1.54, 1.807) is 6.20 Å². The molecule has 1 aromatic heterocycles. The number of methoxy groups -OCH3 is 2. The molecule has 0 aliphatic carbocycles. The first-order valence-corrected chi connectivity index (χ1v) is 8.87. The standard InChI is InChI=1S/C20H23FN2O4/c1-26-18-6-5-14(21)8-16(18)20(25)13-4-3-7-23(11-13)12-15-9-17(24)19(27-2)10-22-15/h5-6,8-10,13H,3-4,7,11-12H2,1-2H3,(H,22,24)/t13-/m0/s1. The summed E-state index contributed by atoms with van der Waals surface area (Å²) < 4.78 is 23.8. The van der Waals surface area contributed by atoms with Gasteiger partial charge in [0.05, 0.1) is 19.8 Å². The number of likely N-dealkylation sites (tertiary alicyclic amines) is 1. The Bertz CT molecular complexity index is 881. The highest BCUT2D eigenvalue weighted by Crippen LogP contribution is 2.27. The molecule has 0 bridgehead atoms. The molecule has 1 fully saturated rings. The Morgan fingerprint density at radius 1 is 1.26 bits per heavy atom. The van der Waals surface area contributed by atoms with Crippen molar-refractivity contribution in [2.45, 2.75) is 19.4 Å². The van der Waals surface area contributed by atoms with Gasteiger partial charge in [0.1, 0.15) is 11.6 Å². The predicted molar refractivity (Wildman–Crippen MR) is 98.9 cm³/mol. The number of halogens is 1. The number of nitrogens with one attached hydrogen (secondary N) is 1. The summed E-state index contributed by atoms with van der Waals surface area (Å²) in [7, 11) is 2.92. The van der Waals surface area contributed by atoms with Crippen molar-refractivity contribution in [3.8, 4) is 11.5 Å². The van der Waals surface area contributed by atoms with Crippen LogP contribution in [0.15, 0.2) is 35.3 Å². The van der Waals surface area contributed by atoms with Crippen LogP contribution < -0.4 is 14.9 Å². The molecule has 27 heavy (non-hydrogen) atoms. The summed E-state index contributed by atoms with van der Waals surface area (Å²) in [5.74, 6) is -0.150. The molecule has 0 unspecified atom stereocenters. The molecule has 0 amide bonds. The third-order valence-electron chi connectivity index (χ3n) is 4.85. The quantitative estimate of drug-likeness (QED) is 0.787. The summed E-state index contributed by atoms with van der Waals surface area (Å²) in [5, 5.41) is 0. The van der Waals surface area contributed by atoms with Crippen molar-refractivity contribution in [1.82, 2.24) is 9.88 Å². The average Bonchev–Trinajstić information content (AvgIpc) is 2.68. The molecule has 2 aromatic rings. The van der Waals surface area contributed by atoms with Crippen LogP contribution in [0.25, 0.3) is 0 Å². The molecule has 144 valence electrons. The Morgan fingerprint density at radius 3 is 2.74 bits per heavy atom. The third-order valence-corrected chi connectivity index (χ3v) is 4.85. The van der Waals surface area contributed by atoms with Gasteiger partial charge in [-0.1, -0.05) is 0 Å². The molecule has 1 aliphatic rings. The number of pyridine rings is 1. The molecule has 0 spiro atoms. The Kier molecular flexibility index (Phi) is 5.91. The van der Waals surface area contributed by atoms with Crippen LogP contribution in [0.4, 0.5) is 4.39 Å². The lowest BCUT2D eigenvalue weighted by Crippen LogP contribution is -2.38. The highest BCUT2D eigenvalue weighted by atomic mass is 19.1. The third kappa shape index (κ3) is 4.36. The van der Waals surface area contributed by atoms with Gasteiger partial charge in [-0.05, 0) is 37.6 Å². The fourth-order valence-corrected chi connectivity index (χ4v) is 3.50. The van der Waals surface area contributed by atoms with E-state index in [2.05, 4.69) is 9.88 Å². The molecule has 7 heteroatoms. The van der Waals surface area contributed by atoms with E-state index in [4.69, 9.17) is 9.47 Å². The second-order valence-corrected chi connectivity index (χ2v) is 6.67. The van der Waals surface area contributed by atoms with Crippen LogP contribution >= 0.6 is 0 Å². The first kappa shape index (κ1) is 19.1. The first-order valence-electron chi connectivity index (χ1n) is 8.87. The highest BCUT2D eigenvalue weighted by molar-refractivity contribution is 6.00. The summed E-state index contributed by atoms with van der Waals surface area (Å²) >= 11 is 0. The first-order chi connectivity index (χ1) is 13.0. The van der Waals surface area contributed by atoms with Gasteiger partial charge in [-0.2, -0.15) is 0 Å². The van der Waals surface area contributed by atoms with E-state index in [1.165, 1.54) is 38.5 Å². The van der Waals surface area contributed by atoms with Gasteiger partial charge in [0.25, 0.3) is 0 Å². The van der Waals surface area contributed by atoms with Gasteiger partial charge in [0, 0.05) is 37.0 Å². The van der Waals surface area contributed by atoms with E-state index in [9.17, 15) is 14.0 Å². The van der Waals surface area contributed by atoms with Gasteiger partial charge in [0.2, 0.25) is 5.43 Å². The number of rotatable bonds is 6. The number of ether oxygens (including phenoxy) is 2. The van der Waals surface area contributed by atoms with Gasteiger partial charge in [-0.25, -0.2) is 4.39 Å². The van der Waals surface area contributed by atoms with Crippen LogP contribution in [0.1, 0.15) is 28.9 Å². The molecule has 3 rings (SSSR count). The molecular formula is C20H23FN2O4. The molecule has 1 aliphatic heterocycles. The number of aromatic nitrogens is 1. The smallest absolute Gasteiger partial charge is 0.223 e. The minimum absolute atomic E-state index is 0.112. The molecule has 6 nitrogen and oxygen atoms in total. The predicted octanol–water partition coefficient (Wildman–Crippen LogP) is 2.63. The SMILES string of the molecule is COc1ccc(F)cc1C(=O)[C@H]1CCCN(Cc2cc(=O)c(OC)c[nH]2)C1. The van der Waals surface area contributed by atoms with Crippen LogP contribution in [0.5, 0.6) is 11.5 Å². The number of aromatic amines is 1. The van der Waals surface area contributed by atoms with Crippen LogP contribution in [0.3, 0.4) is 0 Å². The van der Waals surface area contributed by atoms with E-state index in [-0.39, 0.29) is 28.4 Å². The van der Waals surface area contributed by atoms with Gasteiger partial charge >= 0.3 is 0 Å². The van der Waals surface area contributed by atoms with Crippen molar-refractivity contribution >= 4 is 5.78 Å². The maximum absolute atomic E-state index is 13.6. The number of carbonyl (C=O) groups excluding carboxylic acids is 1. The zero-order chi connectivity index (χ0) is 19.4. The van der Waals surface area contributed by atoms with Gasteiger partial charge < -0.3 is 14.5 Å². The van der Waals surface area contributed by atoms with Crippen molar-refractivity contribution in [2.75, 3.05) is 27.3 Å². The van der Waals surface area contributed by atoms with Gasteiger partial charge in [-0.15, -0.1) is 0 Å². The lowest BCUT2D eigenvalue weighted by Gasteiger charge is -2.32. The minimum atomic E-state index is -0.456. The Morgan fingerprint density at radius 2 is 2.04 bits per heavy atom. The molecule has 1 aromatic carbocycles. The molecule has 1 N–H and O–H groups in total. The fraction of sp³-hybridized carbons (Fsp3) is 0.400.